The fourth-order valence-corrected chi connectivity index (χ4v) is 3.36. The Morgan fingerprint density at radius 2 is 1.97 bits per heavy atom. The van der Waals surface area contributed by atoms with Crippen molar-refractivity contribution in [3.63, 3.8) is 0 Å². The number of hydrogen-bond acceptors (Lipinski definition) is 4. The van der Waals surface area contributed by atoms with Crippen molar-refractivity contribution >= 4 is 35.8 Å². The minimum Gasteiger partial charge on any atom is -0.463 e. The van der Waals surface area contributed by atoms with Crippen molar-refractivity contribution in [1.29, 1.82) is 0 Å². The van der Waals surface area contributed by atoms with Crippen molar-refractivity contribution in [3.05, 3.63) is 59.0 Å². The van der Waals surface area contributed by atoms with E-state index in [-0.39, 0.29) is 43.0 Å². The van der Waals surface area contributed by atoms with Gasteiger partial charge < -0.3 is 25.1 Å². The topological polar surface area (TPSA) is 90.1 Å². The van der Waals surface area contributed by atoms with Gasteiger partial charge in [-0.15, -0.1) is 24.0 Å². The first-order valence-corrected chi connectivity index (χ1v) is 10.0. The number of fused-ring (bicyclic) bond motifs is 1. The number of guanidine groups is 1. The fourth-order valence-electron chi connectivity index (χ4n) is 3.36. The third kappa shape index (κ3) is 6.21. The van der Waals surface area contributed by atoms with E-state index < -0.39 is 5.60 Å². The lowest BCUT2D eigenvalue weighted by molar-refractivity contribution is -0.130. The second-order valence-corrected chi connectivity index (χ2v) is 7.57. The van der Waals surface area contributed by atoms with Crippen molar-refractivity contribution in [2.75, 3.05) is 26.2 Å². The summed E-state index contributed by atoms with van der Waals surface area (Å²) in [6.45, 7) is 7.72. The van der Waals surface area contributed by atoms with Crippen LogP contribution in [0.3, 0.4) is 0 Å². The first kappa shape index (κ1) is 24.2. The summed E-state index contributed by atoms with van der Waals surface area (Å²) in [5.74, 6) is 1.71. The molecule has 1 aromatic heterocycles. The van der Waals surface area contributed by atoms with Gasteiger partial charge in [0.2, 0.25) is 5.91 Å². The molecule has 2 heterocycles. The van der Waals surface area contributed by atoms with Gasteiger partial charge in [-0.25, -0.2) is 4.99 Å². The summed E-state index contributed by atoms with van der Waals surface area (Å²) in [4.78, 5) is 18.9. The predicted molar refractivity (Wildman–Crippen MR) is 128 cm³/mol. The summed E-state index contributed by atoms with van der Waals surface area (Å²) < 4.78 is 5.54. The summed E-state index contributed by atoms with van der Waals surface area (Å²) >= 11 is 0. The molecule has 1 aliphatic rings. The monoisotopic (exact) mass is 526 g/mol. The van der Waals surface area contributed by atoms with Gasteiger partial charge in [0, 0.05) is 19.6 Å². The van der Waals surface area contributed by atoms with E-state index in [2.05, 4.69) is 27.8 Å². The molecule has 7 nitrogen and oxygen atoms in total. The minimum atomic E-state index is -1.19. The standard InChI is InChI=1S/C22H30N4O3.HI/c1-4-23-21(25-15-22(3,28)19-10-9-16(2)29-19)24-13-20(27)26-12-11-17-7-5-6-8-18(17)14-26;/h5-10,28H,4,11-15H2,1-3H3,(H2,23,24,25);1H. The number of nitrogens with one attached hydrogen (secondary N) is 2. The molecule has 2 aromatic rings. The molecule has 0 saturated carbocycles. The van der Waals surface area contributed by atoms with Crippen molar-refractivity contribution in [2.45, 2.75) is 39.3 Å². The fraction of sp³-hybridized carbons (Fsp3) is 0.455. The third-order valence-corrected chi connectivity index (χ3v) is 5.07. The van der Waals surface area contributed by atoms with Crippen LogP contribution in [0.5, 0.6) is 0 Å². The van der Waals surface area contributed by atoms with E-state index in [4.69, 9.17) is 4.42 Å². The van der Waals surface area contributed by atoms with Crippen LogP contribution in [0, 0.1) is 6.92 Å². The van der Waals surface area contributed by atoms with Crippen molar-refractivity contribution in [1.82, 2.24) is 15.5 Å². The van der Waals surface area contributed by atoms with E-state index >= 15 is 0 Å². The van der Waals surface area contributed by atoms with E-state index in [0.717, 1.165) is 12.2 Å². The van der Waals surface area contributed by atoms with Crippen LogP contribution in [0.15, 0.2) is 45.8 Å². The predicted octanol–water partition coefficient (Wildman–Crippen LogP) is 2.55. The number of amides is 1. The molecule has 1 amide bonds. The highest BCUT2D eigenvalue weighted by molar-refractivity contribution is 14.0. The zero-order valence-corrected chi connectivity index (χ0v) is 20.1. The number of carbonyl (C=O) groups excluding carboxylic acids is 1. The molecule has 30 heavy (non-hydrogen) atoms. The Hall–Kier alpha value is -2.07. The molecule has 3 rings (SSSR count). The number of hydrogen-bond donors (Lipinski definition) is 3. The van der Waals surface area contributed by atoms with E-state index in [1.807, 2.05) is 36.9 Å². The number of rotatable bonds is 6. The Kier molecular flexibility index (Phi) is 8.72. The van der Waals surface area contributed by atoms with E-state index in [1.165, 1.54) is 11.1 Å². The highest BCUT2D eigenvalue weighted by atomic mass is 127. The molecule has 0 aliphatic carbocycles. The van der Waals surface area contributed by atoms with Crippen molar-refractivity contribution < 1.29 is 14.3 Å². The lowest BCUT2D eigenvalue weighted by atomic mass is 10.00. The number of halogens is 1. The normalized spacial score (nSPS) is 15.6. The maximum atomic E-state index is 12.6. The molecule has 0 bridgehead atoms. The van der Waals surface area contributed by atoms with Gasteiger partial charge in [-0.05, 0) is 50.5 Å². The first-order chi connectivity index (χ1) is 13.9. The van der Waals surface area contributed by atoms with Crippen LogP contribution < -0.4 is 10.6 Å². The van der Waals surface area contributed by atoms with Crippen LogP contribution in [0.1, 0.15) is 36.5 Å². The van der Waals surface area contributed by atoms with E-state index in [0.29, 0.717) is 31.4 Å². The van der Waals surface area contributed by atoms with Gasteiger partial charge in [-0.3, -0.25) is 4.79 Å². The van der Waals surface area contributed by atoms with Crippen LogP contribution in [0.25, 0.3) is 0 Å². The molecule has 0 radical (unpaired) electrons. The zero-order chi connectivity index (χ0) is 20.9. The van der Waals surface area contributed by atoms with Gasteiger partial charge >= 0.3 is 0 Å². The molecule has 8 heteroatoms. The second kappa shape index (κ2) is 10.8. The SMILES string of the molecule is CCNC(=NCC(=O)N1CCc2ccccc2C1)NCC(C)(O)c1ccc(C)o1.I. The Bertz CT molecular complexity index is 879. The molecular weight excluding hydrogens is 495 g/mol. The maximum Gasteiger partial charge on any atom is 0.244 e. The number of nitrogens with zero attached hydrogens (tertiary/aromatic N) is 2. The number of aliphatic imine (C=N–C) groups is 1. The van der Waals surface area contributed by atoms with E-state index in [9.17, 15) is 9.90 Å². The smallest absolute Gasteiger partial charge is 0.244 e. The van der Waals surface area contributed by atoms with Gasteiger partial charge in [0.15, 0.2) is 5.96 Å². The van der Waals surface area contributed by atoms with E-state index in [1.54, 1.807) is 13.0 Å². The van der Waals surface area contributed by atoms with Crippen LogP contribution in [0.2, 0.25) is 0 Å². The average molecular weight is 526 g/mol. The highest BCUT2D eigenvalue weighted by Crippen LogP contribution is 2.22. The van der Waals surface area contributed by atoms with Gasteiger partial charge in [0.05, 0.1) is 6.54 Å². The Balaban J connectivity index is 0.00000320. The quantitative estimate of drug-likeness (QED) is 0.306. The molecule has 1 aromatic carbocycles. The number of benzene rings is 1. The number of aliphatic hydroxyl groups is 1. The molecule has 164 valence electrons. The molecule has 0 spiro atoms. The molecule has 0 saturated heterocycles. The largest absolute Gasteiger partial charge is 0.463 e. The Morgan fingerprint density at radius 1 is 1.23 bits per heavy atom. The first-order valence-electron chi connectivity index (χ1n) is 10.0. The minimum absolute atomic E-state index is 0. The second-order valence-electron chi connectivity index (χ2n) is 7.57. The number of furan rings is 1. The summed E-state index contributed by atoms with van der Waals surface area (Å²) in [5, 5.41) is 16.9. The third-order valence-electron chi connectivity index (χ3n) is 5.07. The Morgan fingerprint density at radius 3 is 2.63 bits per heavy atom. The van der Waals surface area contributed by atoms with Gasteiger partial charge in [0.1, 0.15) is 23.7 Å². The highest BCUT2D eigenvalue weighted by Gasteiger charge is 2.27. The summed E-state index contributed by atoms with van der Waals surface area (Å²) in [6, 6.07) is 11.8. The van der Waals surface area contributed by atoms with Crippen LogP contribution in [-0.2, 0) is 23.4 Å². The molecule has 3 N–H and O–H groups in total. The average Bonchev–Trinajstić information content (AvgIpc) is 3.17. The van der Waals surface area contributed by atoms with Gasteiger partial charge in [-0.2, -0.15) is 0 Å². The maximum absolute atomic E-state index is 12.6. The number of aryl methyl sites for hydroxylation is 1. The summed E-state index contributed by atoms with van der Waals surface area (Å²) in [6.07, 6.45) is 0.870. The summed E-state index contributed by atoms with van der Waals surface area (Å²) in [5.41, 5.74) is 1.32. The molecular formula is C22H31IN4O3. The molecule has 1 unspecified atom stereocenters. The Labute approximate surface area is 195 Å². The molecule has 0 fully saturated rings. The zero-order valence-electron chi connectivity index (χ0n) is 17.8. The van der Waals surface area contributed by atoms with Crippen LogP contribution in [-0.4, -0.2) is 48.1 Å². The lowest BCUT2D eigenvalue weighted by Crippen LogP contribution is -2.45. The van der Waals surface area contributed by atoms with Crippen LogP contribution >= 0.6 is 24.0 Å². The van der Waals surface area contributed by atoms with Crippen LogP contribution in [0.4, 0.5) is 0 Å². The summed E-state index contributed by atoms with van der Waals surface area (Å²) in [7, 11) is 0. The van der Waals surface area contributed by atoms with Crippen molar-refractivity contribution in [3.8, 4) is 0 Å². The lowest BCUT2D eigenvalue weighted by Gasteiger charge is -2.28. The molecule has 1 aliphatic heterocycles. The number of carbonyl (C=O) groups is 1. The van der Waals surface area contributed by atoms with Crippen molar-refractivity contribution in [2.24, 2.45) is 4.99 Å². The van der Waals surface area contributed by atoms with Gasteiger partial charge in [0.25, 0.3) is 0 Å². The molecule has 1 atom stereocenters. The van der Waals surface area contributed by atoms with Gasteiger partial charge in [-0.1, -0.05) is 24.3 Å².